The first kappa shape index (κ1) is 18.1. The van der Waals surface area contributed by atoms with Gasteiger partial charge in [0.05, 0.1) is 17.7 Å². The first-order valence-electron chi connectivity index (χ1n) is 5.45. The fourth-order valence-corrected chi connectivity index (χ4v) is 1.57. The molecule has 1 rings (SSSR count). The number of hydrogen-bond donors (Lipinski definition) is 2. The number of alkyl halides is 3. The summed E-state index contributed by atoms with van der Waals surface area (Å²) in [5.41, 5.74) is 4.43. The first-order valence-corrected chi connectivity index (χ1v) is 5.45. The molecule has 110 valence electrons. The summed E-state index contributed by atoms with van der Waals surface area (Å²) in [6.07, 6.45) is -5.61. The Morgan fingerprint density at radius 3 is 2.11 bits per heavy atom. The normalized spacial score (nSPS) is 15.0. The van der Waals surface area contributed by atoms with Crippen molar-refractivity contribution in [2.75, 3.05) is 0 Å². The fraction of sp³-hybridized carbons (Fsp3) is 0.500. The van der Waals surface area contributed by atoms with Gasteiger partial charge in [0.25, 0.3) is 0 Å². The van der Waals surface area contributed by atoms with Gasteiger partial charge in [0.1, 0.15) is 5.82 Å². The molecule has 0 spiro atoms. The van der Waals surface area contributed by atoms with E-state index in [4.69, 9.17) is 5.73 Å². The van der Waals surface area contributed by atoms with E-state index in [0.29, 0.717) is 6.07 Å². The van der Waals surface area contributed by atoms with Crippen molar-refractivity contribution in [2.24, 2.45) is 11.7 Å². The van der Waals surface area contributed by atoms with E-state index < -0.39 is 29.7 Å². The van der Waals surface area contributed by atoms with Crippen molar-refractivity contribution in [3.05, 3.63) is 35.1 Å². The number of nitrogens with two attached hydrogens (primary N) is 1. The van der Waals surface area contributed by atoms with Crippen molar-refractivity contribution in [1.82, 2.24) is 0 Å². The zero-order chi connectivity index (χ0) is 14.1. The molecule has 0 fully saturated rings. The highest BCUT2D eigenvalue weighted by molar-refractivity contribution is 5.85. The molecule has 0 aromatic heterocycles. The molecule has 0 radical (unpaired) electrons. The second-order valence-electron chi connectivity index (χ2n) is 4.49. The van der Waals surface area contributed by atoms with E-state index in [0.717, 1.165) is 12.1 Å². The second kappa shape index (κ2) is 6.54. The number of aliphatic hydroxyl groups is 1. The van der Waals surface area contributed by atoms with Gasteiger partial charge in [0.2, 0.25) is 0 Å². The summed E-state index contributed by atoms with van der Waals surface area (Å²) in [5.74, 6) is -1.28. The number of halogens is 5. The van der Waals surface area contributed by atoms with E-state index in [9.17, 15) is 22.7 Å². The Kier molecular flexibility index (Phi) is 6.25. The molecule has 2 atom stereocenters. The van der Waals surface area contributed by atoms with Gasteiger partial charge in [-0.1, -0.05) is 19.9 Å². The Morgan fingerprint density at radius 1 is 1.21 bits per heavy atom. The summed E-state index contributed by atoms with van der Waals surface area (Å²) in [4.78, 5) is 0. The van der Waals surface area contributed by atoms with Crippen LogP contribution in [0.5, 0.6) is 0 Å². The molecule has 0 bridgehead atoms. The van der Waals surface area contributed by atoms with Gasteiger partial charge in [-0.25, -0.2) is 4.39 Å². The van der Waals surface area contributed by atoms with Gasteiger partial charge < -0.3 is 10.8 Å². The molecule has 0 saturated heterocycles. The molecule has 0 amide bonds. The summed E-state index contributed by atoms with van der Waals surface area (Å²) in [6.45, 7) is 3.37. The van der Waals surface area contributed by atoms with Gasteiger partial charge in [-0.3, -0.25) is 0 Å². The summed E-state index contributed by atoms with van der Waals surface area (Å²) in [5, 5.41) is 9.69. The molecular formula is C12H16ClF4NO. The minimum Gasteiger partial charge on any atom is -0.391 e. The van der Waals surface area contributed by atoms with Crippen LogP contribution in [-0.4, -0.2) is 11.2 Å². The van der Waals surface area contributed by atoms with Crippen LogP contribution in [0, 0.1) is 11.7 Å². The van der Waals surface area contributed by atoms with Gasteiger partial charge >= 0.3 is 6.18 Å². The maximum Gasteiger partial charge on any atom is 0.416 e. The molecule has 0 aliphatic heterocycles. The maximum absolute atomic E-state index is 13.6. The van der Waals surface area contributed by atoms with Gasteiger partial charge in [0.15, 0.2) is 0 Å². The van der Waals surface area contributed by atoms with Crippen LogP contribution in [0.3, 0.4) is 0 Å². The molecule has 19 heavy (non-hydrogen) atoms. The summed E-state index contributed by atoms with van der Waals surface area (Å²) >= 11 is 0. The molecule has 1 aromatic rings. The van der Waals surface area contributed by atoms with Gasteiger partial charge in [-0.05, 0) is 18.1 Å². The van der Waals surface area contributed by atoms with Crippen LogP contribution in [0.1, 0.15) is 31.0 Å². The highest BCUT2D eigenvalue weighted by atomic mass is 35.5. The molecule has 0 heterocycles. The molecule has 3 N–H and O–H groups in total. The van der Waals surface area contributed by atoms with Gasteiger partial charge in [-0.2, -0.15) is 13.2 Å². The van der Waals surface area contributed by atoms with Crippen molar-refractivity contribution in [3.8, 4) is 0 Å². The largest absolute Gasteiger partial charge is 0.416 e. The molecule has 0 saturated carbocycles. The highest BCUT2D eigenvalue weighted by Gasteiger charge is 2.32. The quantitative estimate of drug-likeness (QED) is 0.842. The molecule has 0 aliphatic carbocycles. The van der Waals surface area contributed by atoms with Crippen LogP contribution >= 0.6 is 12.4 Å². The Hall–Kier alpha value is -0.850. The van der Waals surface area contributed by atoms with Crippen molar-refractivity contribution >= 4 is 12.4 Å². The van der Waals surface area contributed by atoms with Gasteiger partial charge in [0, 0.05) is 5.56 Å². The Balaban J connectivity index is 0.00000324. The van der Waals surface area contributed by atoms with Crippen molar-refractivity contribution < 1.29 is 22.7 Å². The minimum absolute atomic E-state index is 0. The molecule has 0 aliphatic rings. The third kappa shape index (κ3) is 4.33. The average Bonchev–Trinajstić information content (AvgIpc) is 2.25. The van der Waals surface area contributed by atoms with Crippen molar-refractivity contribution in [2.45, 2.75) is 32.2 Å². The number of benzene rings is 1. The predicted octanol–water partition coefficient (Wildman–Crippen LogP) is 3.28. The van der Waals surface area contributed by atoms with E-state index in [1.54, 1.807) is 13.8 Å². The predicted molar refractivity (Wildman–Crippen MR) is 66.4 cm³/mol. The number of hydrogen-bond acceptors (Lipinski definition) is 2. The maximum atomic E-state index is 13.6. The van der Waals surface area contributed by atoms with E-state index >= 15 is 0 Å². The molecule has 2 nitrogen and oxygen atoms in total. The smallest absolute Gasteiger partial charge is 0.391 e. The number of rotatable bonds is 3. The highest BCUT2D eigenvalue weighted by Crippen LogP contribution is 2.32. The van der Waals surface area contributed by atoms with Crippen LogP contribution in [-0.2, 0) is 6.18 Å². The van der Waals surface area contributed by atoms with E-state index in [-0.39, 0.29) is 23.9 Å². The van der Waals surface area contributed by atoms with Crippen LogP contribution < -0.4 is 5.73 Å². The fourth-order valence-electron chi connectivity index (χ4n) is 1.57. The van der Waals surface area contributed by atoms with Gasteiger partial charge in [-0.15, -0.1) is 12.4 Å². The molecule has 0 unspecified atom stereocenters. The summed E-state index contributed by atoms with van der Waals surface area (Å²) in [7, 11) is 0. The van der Waals surface area contributed by atoms with Crippen LogP contribution in [0.15, 0.2) is 18.2 Å². The minimum atomic E-state index is -4.60. The zero-order valence-corrected chi connectivity index (χ0v) is 11.2. The standard InChI is InChI=1S/C12H15F4NO.ClH/c1-6(2)11(18)10(17)8-4-3-7(5-9(8)13)12(14,15)16;/h3-6,10-11,18H,17H2,1-2H3;1H/t10-,11+;/m0./s1. The third-order valence-corrected chi connectivity index (χ3v) is 2.74. The van der Waals surface area contributed by atoms with Crippen LogP contribution in [0.25, 0.3) is 0 Å². The Labute approximate surface area is 115 Å². The lowest BCUT2D eigenvalue weighted by Gasteiger charge is -2.23. The second-order valence-corrected chi connectivity index (χ2v) is 4.49. The third-order valence-electron chi connectivity index (χ3n) is 2.74. The van der Waals surface area contributed by atoms with Crippen LogP contribution in [0.4, 0.5) is 17.6 Å². The summed E-state index contributed by atoms with van der Waals surface area (Å²) in [6, 6.07) is 1.06. The average molecular weight is 302 g/mol. The van der Waals surface area contributed by atoms with E-state index in [1.807, 2.05) is 0 Å². The molecule has 7 heteroatoms. The SMILES string of the molecule is CC(C)[C@@H](O)[C@@H](N)c1ccc(C(F)(F)F)cc1F.Cl. The molecule has 1 aromatic carbocycles. The molecular weight excluding hydrogens is 286 g/mol. The summed E-state index contributed by atoms with van der Waals surface area (Å²) < 4.78 is 50.6. The topological polar surface area (TPSA) is 46.2 Å². The Bertz CT molecular complexity index is 423. The zero-order valence-electron chi connectivity index (χ0n) is 10.4. The lowest BCUT2D eigenvalue weighted by molar-refractivity contribution is -0.137. The first-order chi connectivity index (χ1) is 8.14. The van der Waals surface area contributed by atoms with E-state index in [2.05, 4.69) is 0 Å². The van der Waals surface area contributed by atoms with E-state index in [1.165, 1.54) is 0 Å². The lowest BCUT2D eigenvalue weighted by Crippen LogP contribution is -2.31. The van der Waals surface area contributed by atoms with Crippen LogP contribution in [0.2, 0.25) is 0 Å². The lowest BCUT2D eigenvalue weighted by atomic mass is 9.93. The van der Waals surface area contributed by atoms with Crippen molar-refractivity contribution in [3.63, 3.8) is 0 Å². The Morgan fingerprint density at radius 2 is 1.74 bits per heavy atom. The monoisotopic (exact) mass is 301 g/mol. The number of aliphatic hydroxyl groups excluding tert-OH is 1. The van der Waals surface area contributed by atoms with Crippen molar-refractivity contribution in [1.29, 1.82) is 0 Å².